The SMILES string of the molecule is COC(=O)CCc1cc(OC)c2c(c1)OC(C)(C)[C@@H]1CCC(C(=O)OC)=C[C@@H]21. The Morgan fingerprint density at radius 3 is 2.57 bits per heavy atom. The van der Waals surface area contributed by atoms with Gasteiger partial charge in [-0.15, -0.1) is 0 Å². The Labute approximate surface area is 165 Å². The van der Waals surface area contributed by atoms with E-state index < -0.39 is 0 Å². The minimum Gasteiger partial charge on any atom is -0.496 e. The number of allylic oxidation sites excluding steroid dienone is 1. The predicted octanol–water partition coefficient (Wildman–Crippen LogP) is 3.56. The molecule has 0 unspecified atom stereocenters. The van der Waals surface area contributed by atoms with Crippen LogP contribution >= 0.6 is 0 Å². The molecule has 1 aliphatic carbocycles. The van der Waals surface area contributed by atoms with Crippen LogP contribution in [-0.2, 0) is 25.5 Å². The van der Waals surface area contributed by atoms with Gasteiger partial charge >= 0.3 is 11.9 Å². The van der Waals surface area contributed by atoms with Gasteiger partial charge in [-0.3, -0.25) is 4.79 Å². The molecule has 0 saturated heterocycles. The van der Waals surface area contributed by atoms with Crippen LogP contribution in [0, 0.1) is 5.92 Å². The summed E-state index contributed by atoms with van der Waals surface area (Å²) in [6.07, 6.45) is 4.36. The molecule has 3 rings (SSSR count). The van der Waals surface area contributed by atoms with E-state index in [9.17, 15) is 9.59 Å². The fraction of sp³-hybridized carbons (Fsp3) is 0.545. The van der Waals surface area contributed by atoms with E-state index in [4.69, 9.17) is 18.9 Å². The Bertz CT molecular complexity index is 807. The highest BCUT2D eigenvalue weighted by Crippen LogP contribution is 2.53. The molecule has 0 N–H and O–H groups in total. The van der Waals surface area contributed by atoms with E-state index in [2.05, 4.69) is 13.8 Å². The Kier molecular flexibility index (Phi) is 5.68. The second-order valence-corrected chi connectivity index (χ2v) is 7.85. The first-order chi connectivity index (χ1) is 13.3. The molecule has 0 bridgehead atoms. The van der Waals surface area contributed by atoms with Gasteiger partial charge in [0, 0.05) is 29.4 Å². The molecule has 0 aromatic heterocycles. The summed E-state index contributed by atoms with van der Waals surface area (Å²) in [6, 6.07) is 3.92. The summed E-state index contributed by atoms with van der Waals surface area (Å²) < 4.78 is 21.7. The zero-order chi connectivity index (χ0) is 20.5. The largest absolute Gasteiger partial charge is 0.496 e. The van der Waals surface area contributed by atoms with Crippen LogP contribution in [-0.4, -0.2) is 38.9 Å². The van der Waals surface area contributed by atoms with Crippen molar-refractivity contribution < 1.29 is 28.5 Å². The lowest BCUT2D eigenvalue weighted by Crippen LogP contribution is -2.45. The van der Waals surface area contributed by atoms with E-state index in [1.807, 2.05) is 18.2 Å². The number of hydrogen-bond donors (Lipinski definition) is 0. The third-order valence-electron chi connectivity index (χ3n) is 5.82. The van der Waals surface area contributed by atoms with Gasteiger partial charge in [0.25, 0.3) is 0 Å². The van der Waals surface area contributed by atoms with E-state index in [0.29, 0.717) is 30.6 Å². The molecule has 1 aliphatic heterocycles. The van der Waals surface area contributed by atoms with Gasteiger partial charge in [0.2, 0.25) is 0 Å². The van der Waals surface area contributed by atoms with Gasteiger partial charge in [-0.1, -0.05) is 6.08 Å². The lowest BCUT2D eigenvalue weighted by atomic mass is 9.67. The highest BCUT2D eigenvalue weighted by Gasteiger charge is 2.46. The van der Waals surface area contributed by atoms with Crippen molar-refractivity contribution in [3.63, 3.8) is 0 Å². The predicted molar refractivity (Wildman–Crippen MR) is 104 cm³/mol. The van der Waals surface area contributed by atoms with Crippen LogP contribution in [0.15, 0.2) is 23.8 Å². The third kappa shape index (κ3) is 3.73. The van der Waals surface area contributed by atoms with Gasteiger partial charge in [-0.2, -0.15) is 0 Å². The number of aryl methyl sites for hydroxylation is 1. The van der Waals surface area contributed by atoms with Gasteiger partial charge < -0.3 is 18.9 Å². The maximum Gasteiger partial charge on any atom is 0.333 e. The number of hydrogen-bond acceptors (Lipinski definition) is 6. The van der Waals surface area contributed by atoms with Crippen molar-refractivity contribution in [2.45, 2.75) is 51.0 Å². The van der Waals surface area contributed by atoms with Crippen LogP contribution in [0.3, 0.4) is 0 Å². The lowest BCUT2D eigenvalue weighted by Gasteiger charge is -2.46. The number of carbonyl (C=O) groups is 2. The Hall–Kier alpha value is -2.50. The second kappa shape index (κ2) is 7.86. The van der Waals surface area contributed by atoms with Crippen LogP contribution < -0.4 is 9.47 Å². The van der Waals surface area contributed by atoms with E-state index in [1.54, 1.807) is 7.11 Å². The average molecular weight is 388 g/mol. The van der Waals surface area contributed by atoms with Crippen molar-refractivity contribution >= 4 is 11.9 Å². The number of fused-ring (bicyclic) bond motifs is 3. The Morgan fingerprint density at radius 1 is 1.18 bits per heavy atom. The van der Waals surface area contributed by atoms with E-state index in [1.165, 1.54) is 14.2 Å². The minimum atomic E-state index is -0.387. The first kappa shape index (κ1) is 20.2. The Morgan fingerprint density at radius 2 is 1.93 bits per heavy atom. The third-order valence-corrected chi connectivity index (χ3v) is 5.82. The van der Waals surface area contributed by atoms with Crippen molar-refractivity contribution in [2.24, 2.45) is 5.92 Å². The number of esters is 2. The average Bonchev–Trinajstić information content (AvgIpc) is 2.69. The molecular formula is C22H28O6. The summed E-state index contributed by atoms with van der Waals surface area (Å²) >= 11 is 0. The molecule has 152 valence electrons. The van der Waals surface area contributed by atoms with E-state index >= 15 is 0 Å². The lowest BCUT2D eigenvalue weighted by molar-refractivity contribution is -0.140. The molecule has 1 heterocycles. The number of methoxy groups -OCH3 is 3. The molecule has 1 aromatic carbocycles. The van der Waals surface area contributed by atoms with Crippen molar-refractivity contribution in [1.29, 1.82) is 0 Å². The van der Waals surface area contributed by atoms with Crippen LogP contribution in [0.5, 0.6) is 11.5 Å². The molecular weight excluding hydrogens is 360 g/mol. The number of ether oxygens (including phenoxy) is 4. The second-order valence-electron chi connectivity index (χ2n) is 7.85. The summed E-state index contributed by atoms with van der Waals surface area (Å²) in [5.74, 6) is 1.15. The molecule has 0 spiro atoms. The summed E-state index contributed by atoms with van der Waals surface area (Å²) in [4.78, 5) is 23.6. The molecule has 28 heavy (non-hydrogen) atoms. The quantitative estimate of drug-likeness (QED) is 0.718. The normalized spacial score (nSPS) is 22.1. The van der Waals surface area contributed by atoms with Crippen molar-refractivity contribution in [3.05, 3.63) is 34.9 Å². The first-order valence-corrected chi connectivity index (χ1v) is 9.56. The number of benzene rings is 1. The van der Waals surface area contributed by atoms with Crippen LogP contribution in [0.2, 0.25) is 0 Å². The van der Waals surface area contributed by atoms with Crippen molar-refractivity contribution in [2.75, 3.05) is 21.3 Å². The van der Waals surface area contributed by atoms with E-state index in [-0.39, 0.29) is 29.4 Å². The van der Waals surface area contributed by atoms with Crippen LogP contribution in [0.4, 0.5) is 0 Å². The summed E-state index contributed by atoms with van der Waals surface area (Å²) in [5, 5.41) is 0. The molecule has 6 nitrogen and oxygen atoms in total. The monoisotopic (exact) mass is 388 g/mol. The molecule has 6 heteroatoms. The van der Waals surface area contributed by atoms with Crippen LogP contribution in [0.25, 0.3) is 0 Å². The summed E-state index contributed by atoms with van der Waals surface area (Å²) in [5.41, 5.74) is 2.21. The molecule has 2 aliphatic rings. The molecule has 0 radical (unpaired) electrons. The molecule has 0 fully saturated rings. The van der Waals surface area contributed by atoms with Gasteiger partial charge in [-0.25, -0.2) is 4.79 Å². The van der Waals surface area contributed by atoms with Gasteiger partial charge in [0.1, 0.15) is 17.1 Å². The zero-order valence-electron chi connectivity index (χ0n) is 17.2. The highest BCUT2D eigenvalue weighted by molar-refractivity contribution is 5.88. The number of rotatable bonds is 5. The van der Waals surface area contributed by atoms with Crippen LogP contribution in [0.1, 0.15) is 50.2 Å². The van der Waals surface area contributed by atoms with Crippen molar-refractivity contribution in [1.82, 2.24) is 0 Å². The van der Waals surface area contributed by atoms with Gasteiger partial charge in [-0.05, 0) is 50.8 Å². The van der Waals surface area contributed by atoms with Gasteiger partial charge in [0.05, 0.1) is 21.3 Å². The van der Waals surface area contributed by atoms with E-state index in [0.717, 1.165) is 23.3 Å². The van der Waals surface area contributed by atoms with Crippen molar-refractivity contribution in [3.8, 4) is 11.5 Å². The zero-order valence-corrected chi connectivity index (χ0v) is 17.2. The fourth-order valence-corrected chi connectivity index (χ4v) is 4.36. The minimum absolute atomic E-state index is 0.00575. The molecule has 0 amide bonds. The Balaban J connectivity index is 2.05. The molecule has 1 aromatic rings. The first-order valence-electron chi connectivity index (χ1n) is 9.56. The smallest absolute Gasteiger partial charge is 0.333 e. The maximum absolute atomic E-state index is 12.1. The van der Waals surface area contributed by atoms with Gasteiger partial charge in [0.15, 0.2) is 0 Å². The molecule has 0 saturated carbocycles. The summed E-state index contributed by atoms with van der Waals surface area (Å²) in [7, 11) is 4.42. The number of carbonyl (C=O) groups excluding carboxylic acids is 2. The topological polar surface area (TPSA) is 71.1 Å². The maximum atomic E-state index is 12.1. The molecule has 2 atom stereocenters. The summed E-state index contributed by atoms with van der Waals surface area (Å²) in [6.45, 7) is 4.16. The standard InChI is InChI=1S/C22H28O6/c1-22(2)16-8-7-14(21(24)27-5)12-15(16)20-17(25-3)10-13(11-18(20)28-22)6-9-19(23)26-4/h10-12,15-16H,6-9H2,1-5H3/t15-,16-/m1/s1. The highest BCUT2D eigenvalue weighted by atomic mass is 16.5. The fourth-order valence-electron chi connectivity index (χ4n) is 4.36.